The van der Waals surface area contributed by atoms with Gasteiger partial charge in [0.2, 0.25) is 0 Å². The standard InChI is InChI=1S/C20H20F2N2O4/c21-16-5-6-18(17(22)11-16)23-19(25)13-28-20(26)15-3-1-14(2-4-15)12-24-7-9-27-10-8-24/h1-6,11H,7-10,12-13H2,(H,23,25). The molecule has 1 aliphatic heterocycles. The molecule has 1 heterocycles. The summed E-state index contributed by atoms with van der Waals surface area (Å²) in [6.45, 7) is 3.36. The Labute approximate surface area is 161 Å². The minimum Gasteiger partial charge on any atom is -0.452 e. The molecule has 148 valence electrons. The van der Waals surface area contributed by atoms with Crippen LogP contribution in [0.3, 0.4) is 0 Å². The number of amides is 1. The molecule has 0 saturated carbocycles. The summed E-state index contributed by atoms with van der Waals surface area (Å²) in [7, 11) is 0. The molecule has 0 bridgehead atoms. The van der Waals surface area contributed by atoms with E-state index >= 15 is 0 Å². The smallest absolute Gasteiger partial charge is 0.338 e. The summed E-state index contributed by atoms with van der Waals surface area (Å²) in [6, 6.07) is 9.70. The van der Waals surface area contributed by atoms with Crippen LogP contribution in [0, 0.1) is 11.6 Å². The SMILES string of the molecule is O=C(COC(=O)c1ccc(CN2CCOCC2)cc1)Nc1ccc(F)cc1F. The fourth-order valence-corrected chi connectivity index (χ4v) is 2.76. The lowest BCUT2D eigenvalue weighted by atomic mass is 10.1. The van der Waals surface area contributed by atoms with E-state index in [4.69, 9.17) is 9.47 Å². The van der Waals surface area contributed by atoms with Gasteiger partial charge in [0.1, 0.15) is 11.6 Å². The van der Waals surface area contributed by atoms with Gasteiger partial charge in [-0.2, -0.15) is 0 Å². The zero-order valence-electron chi connectivity index (χ0n) is 15.1. The maximum Gasteiger partial charge on any atom is 0.338 e. The molecule has 0 aromatic heterocycles. The fraction of sp³-hybridized carbons (Fsp3) is 0.300. The van der Waals surface area contributed by atoms with Crippen molar-refractivity contribution in [2.75, 3.05) is 38.2 Å². The van der Waals surface area contributed by atoms with E-state index in [0.717, 1.165) is 37.3 Å². The summed E-state index contributed by atoms with van der Waals surface area (Å²) < 4.78 is 36.6. The third-order valence-electron chi connectivity index (χ3n) is 4.24. The van der Waals surface area contributed by atoms with Gasteiger partial charge in [0.05, 0.1) is 24.5 Å². The van der Waals surface area contributed by atoms with Crippen molar-refractivity contribution in [2.45, 2.75) is 6.54 Å². The molecule has 1 aliphatic rings. The van der Waals surface area contributed by atoms with Gasteiger partial charge >= 0.3 is 5.97 Å². The van der Waals surface area contributed by atoms with E-state index in [-0.39, 0.29) is 5.69 Å². The number of benzene rings is 2. The topological polar surface area (TPSA) is 67.9 Å². The predicted octanol–water partition coefficient (Wildman–Crippen LogP) is 2.59. The number of nitrogens with zero attached hydrogens (tertiary/aromatic N) is 1. The monoisotopic (exact) mass is 390 g/mol. The Hall–Kier alpha value is -2.84. The number of hydrogen-bond donors (Lipinski definition) is 1. The Balaban J connectivity index is 1.48. The highest BCUT2D eigenvalue weighted by atomic mass is 19.1. The summed E-state index contributed by atoms with van der Waals surface area (Å²) in [6.07, 6.45) is 0. The lowest BCUT2D eigenvalue weighted by Crippen LogP contribution is -2.35. The molecule has 0 radical (unpaired) electrons. The molecule has 1 N–H and O–H groups in total. The molecule has 3 rings (SSSR count). The van der Waals surface area contributed by atoms with Gasteiger partial charge in [-0.1, -0.05) is 12.1 Å². The highest BCUT2D eigenvalue weighted by molar-refractivity contribution is 5.95. The van der Waals surface area contributed by atoms with Crippen molar-refractivity contribution in [3.05, 3.63) is 65.2 Å². The molecule has 6 nitrogen and oxygen atoms in total. The average Bonchev–Trinajstić information content (AvgIpc) is 2.70. The molecule has 8 heteroatoms. The predicted molar refractivity (Wildman–Crippen MR) is 97.8 cm³/mol. The van der Waals surface area contributed by atoms with E-state index in [1.807, 2.05) is 12.1 Å². The van der Waals surface area contributed by atoms with Crippen molar-refractivity contribution >= 4 is 17.6 Å². The van der Waals surface area contributed by atoms with E-state index < -0.39 is 30.1 Å². The molecule has 2 aromatic carbocycles. The highest BCUT2D eigenvalue weighted by Crippen LogP contribution is 2.15. The molecule has 0 atom stereocenters. The van der Waals surface area contributed by atoms with Crippen LogP contribution in [0.2, 0.25) is 0 Å². The van der Waals surface area contributed by atoms with Crippen molar-refractivity contribution in [2.24, 2.45) is 0 Å². The van der Waals surface area contributed by atoms with Crippen molar-refractivity contribution in [1.29, 1.82) is 0 Å². The average molecular weight is 390 g/mol. The van der Waals surface area contributed by atoms with Crippen LogP contribution in [0.15, 0.2) is 42.5 Å². The largest absolute Gasteiger partial charge is 0.452 e. The number of carbonyl (C=O) groups is 2. The Kier molecular flexibility index (Phi) is 6.67. The quantitative estimate of drug-likeness (QED) is 0.768. The summed E-state index contributed by atoms with van der Waals surface area (Å²) in [5, 5.41) is 2.23. The number of ether oxygens (including phenoxy) is 2. The van der Waals surface area contributed by atoms with Gasteiger partial charge in [-0.15, -0.1) is 0 Å². The second kappa shape index (κ2) is 9.38. The first-order chi connectivity index (χ1) is 13.5. The zero-order valence-corrected chi connectivity index (χ0v) is 15.1. The van der Waals surface area contributed by atoms with Gasteiger partial charge in [0.15, 0.2) is 6.61 Å². The van der Waals surface area contributed by atoms with Gasteiger partial charge in [0, 0.05) is 25.7 Å². The molecular weight excluding hydrogens is 370 g/mol. The number of hydrogen-bond acceptors (Lipinski definition) is 5. The first kappa shape index (κ1) is 19.9. The normalized spacial score (nSPS) is 14.5. The second-order valence-electron chi connectivity index (χ2n) is 6.33. The molecule has 2 aromatic rings. The van der Waals surface area contributed by atoms with Gasteiger partial charge in [-0.05, 0) is 29.8 Å². The lowest BCUT2D eigenvalue weighted by Gasteiger charge is -2.26. The number of esters is 1. The van der Waals surface area contributed by atoms with E-state index in [9.17, 15) is 18.4 Å². The second-order valence-corrected chi connectivity index (χ2v) is 6.33. The number of halogens is 2. The van der Waals surface area contributed by atoms with Gasteiger partial charge < -0.3 is 14.8 Å². The van der Waals surface area contributed by atoms with Crippen LogP contribution in [0.5, 0.6) is 0 Å². The van der Waals surface area contributed by atoms with Crippen LogP contribution in [-0.2, 0) is 20.8 Å². The molecule has 1 fully saturated rings. The molecule has 0 aliphatic carbocycles. The number of morpholine rings is 1. The molecule has 0 spiro atoms. The number of nitrogens with one attached hydrogen (secondary N) is 1. The van der Waals surface area contributed by atoms with Gasteiger partial charge in [-0.25, -0.2) is 13.6 Å². The first-order valence-electron chi connectivity index (χ1n) is 8.82. The summed E-state index contributed by atoms with van der Waals surface area (Å²) >= 11 is 0. The van der Waals surface area contributed by atoms with Crippen molar-refractivity contribution in [3.63, 3.8) is 0 Å². The third-order valence-corrected chi connectivity index (χ3v) is 4.24. The van der Waals surface area contributed by atoms with E-state index in [1.165, 1.54) is 0 Å². The molecule has 1 amide bonds. The number of anilines is 1. The third kappa shape index (κ3) is 5.58. The van der Waals surface area contributed by atoms with Crippen LogP contribution >= 0.6 is 0 Å². The minimum atomic E-state index is -0.907. The van der Waals surface area contributed by atoms with Crippen molar-refractivity contribution < 1.29 is 27.8 Å². The molecule has 1 saturated heterocycles. The maximum atomic E-state index is 13.5. The Bertz CT molecular complexity index is 837. The Morgan fingerprint density at radius 1 is 1.07 bits per heavy atom. The highest BCUT2D eigenvalue weighted by Gasteiger charge is 2.14. The zero-order chi connectivity index (χ0) is 19.9. The van der Waals surface area contributed by atoms with Crippen LogP contribution in [0.25, 0.3) is 0 Å². The number of carbonyl (C=O) groups excluding carboxylic acids is 2. The summed E-state index contributed by atoms with van der Waals surface area (Å²) in [5.41, 5.74) is 1.18. The molecule has 28 heavy (non-hydrogen) atoms. The molecular formula is C20H20F2N2O4. The Morgan fingerprint density at radius 3 is 2.46 bits per heavy atom. The maximum absolute atomic E-state index is 13.5. The van der Waals surface area contributed by atoms with Crippen LogP contribution in [0.1, 0.15) is 15.9 Å². The summed E-state index contributed by atoms with van der Waals surface area (Å²) in [5.74, 6) is -3.04. The minimum absolute atomic E-state index is 0.185. The van der Waals surface area contributed by atoms with Crippen LogP contribution < -0.4 is 5.32 Å². The Morgan fingerprint density at radius 2 is 1.79 bits per heavy atom. The van der Waals surface area contributed by atoms with Crippen LogP contribution in [-0.4, -0.2) is 49.7 Å². The van der Waals surface area contributed by atoms with Crippen molar-refractivity contribution in [1.82, 2.24) is 4.90 Å². The summed E-state index contributed by atoms with van der Waals surface area (Å²) in [4.78, 5) is 26.1. The van der Waals surface area contributed by atoms with Crippen LogP contribution in [0.4, 0.5) is 14.5 Å². The first-order valence-corrected chi connectivity index (χ1v) is 8.82. The van der Waals surface area contributed by atoms with Gasteiger partial charge in [-0.3, -0.25) is 9.69 Å². The van der Waals surface area contributed by atoms with Crippen molar-refractivity contribution in [3.8, 4) is 0 Å². The number of rotatable bonds is 6. The lowest BCUT2D eigenvalue weighted by molar-refractivity contribution is -0.119. The van der Waals surface area contributed by atoms with Gasteiger partial charge in [0.25, 0.3) is 5.91 Å². The fourth-order valence-electron chi connectivity index (χ4n) is 2.76. The van der Waals surface area contributed by atoms with E-state index in [2.05, 4.69) is 10.2 Å². The van der Waals surface area contributed by atoms with E-state index in [1.54, 1.807) is 12.1 Å². The molecule has 0 unspecified atom stereocenters. The van der Waals surface area contributed by atoms with E-state index in [0.29, 0.717) is 24.8 Å².